The lowest BCUT2D eigenvalue weighted by Gasteiger charge is -2.15. The zero-order chi connectivity index (χ0) is 13.0. The monoisotopic (exact) mass is 249 g/mol. The van der Waals surface area contributed by atoms with E-state index in [4.69, 9.17) is 9.72 Å². The molecular formula is C14H23N3O. The van der Waals surface area contributed by atoms with Crippen molar-refractivity contribution in [1.29, 1.82) is 0 Å². The van der Waals surface area contributed by atoms with Crippen LogP contribution in [-0.4, -0.2) is 29.7 Å². The molecule has 4 heteroatoms. The molecule has 0 spiro atoms. The lowest BCUT2D eigenvalue weighted by molar-refractivity contribution is 0.193. The van der Waals surface area contributed by atoms with Gasteiger partial charge in [-0.05, 0) is 26.2 Å². The van der Waals surface area contributed by atoms with Crippen LogP contribution >= 0.6 is 0 Å². The Balaban J connectivity index is 2.28. The highest BCUT2D eigenvalue weighted by molar-refractivity contribution is 5.46. The molecule has 1 aliphatic heterocycles. The third-order valence-electron chi connectivity index (χ3n) is 3.42. The number of anilines is 1. The van der Waals surface area contributed by atoms with Gasteiger partial charge in [-0.1, -0.05) is 13.8 Å². The molecule has 0 bridgehead atoms. The van der Waals surface area contributed by atoms with Crippen LogP contribution in [0.3, 0.4) is 0 Å². The number of nitrogens with zero attached hydrogens (tertiary/aromatic N) is 2. The maximum absolute atomic E-state index is 5.43. The average Bonchev–Trinajstić information content (AvgIpc) is 2.89. The maximum atomic E-state index is 5.43. The Hall–Kier alpha value is -1.16. The summed E-state index contributed by atoms with van der Waals surface area (Å²) in [6.45, 7) is 8.96. The fraction of sp³-hybridized carbons (Fsp3) is 0.714. The quantitative estimate of drug-likeness (QED) is 0.871. The van der Waals surface area contributed by atoms with Crippen LogP contribution in [0.15, 0.2) is 0 Å². The summed E-state index contributed by atoms with van der Waals surface area (Å²) >= 11 is 0. The second kappa shape index (κ2) is 6.14. The van der Waals surface area contributed by atoms with Crippen molar-refractivity contribution < 1.29 is 4.74 Å². The summed E-state index contributed by atoms with van der Waals surface area (Å²) in [5.41, 5.74) is 2.35. The van der Waals surface area contributed by atoms with Crippen LogP contribution in [0.2, 0.25) is 0 Å². The summed E-state index contributed by atoms with van der Waals surface area (Å²) in [4.78, 5) is 9.39. The van der Waals surface area contributed by atoms with E-state index in [1.165, 1.54) is 5.56 Å². The Kier molecular flexibility index (Phi) is 4.53. The van der Waals surface area contributed by atoms with Gasteiger partial charge < -0.3 is 10.1 Å². The van der Waals surface area contributed by atoms with Crippen LogP contribution in [0.1, 0.15) is 49.7 Å². The Morgan fingerprint density at radius 2 is 2.17 bits per heavy atom. The molecule has 18 heavy (non-hydrogen) atoms. The number of ether oxygens (including phenoxy) is 1. The van der Waals surface area contributed by atoms with Gasteiger partial charge in [-0.3, -0.25) is 0 Å². The third-order valence-corrected chi connectivity index (χ3v) is 3.42. The van der Waals surface area contributed by atoms with Crippen molar-refractivity contribution in [3.63, 3.8) is 0 Å². The highest BCUT2D eigenvalue weighted by atomic mass is 16.5. The minimum Gasteiger partial charge on any atom is -0.381 e. The van der Waals surface area contributed by atoms with Crippen molar-refractivity contribution in [2.24, 2.45) is 0 Å². The number of rotatable bonds is 5. The molecule has 1 aromatic heterocycles. The summed E-state index contributed by atoms with van der Waals surface area (Å²) in [6.07, 6.45) is 3.12. The first kappa shape index (κ1) is 13.3. The van der Waals surface area contributed by atoms with Gasteiger partial charge in [0.05, 0.1) is 6.61 Å². The first-order valence-electron chi connectivity index (χ1n) is 6.95. The van der Waals surface area contributed by atoms with Crippen LogP contribution in [0.4, 0.5) is 5.82 Å². The highest BCUT2D eigenvalue weighted by Crippen LogP contribution is 2.26. The highest BCUT2D eigenvalue weighted by Gasteiger charge is 2.22. The number of nitrogens with one attached hydrogen (secondary N) is 1. The van der Waals surface area contributed by atoms with Gasteiger partial charge in [0.25, 0.3) is 0 Å². The summed E-state index contributed by atoms with van der Waals surface area (Å²) in [7, 11) is 0. The topological polar surface area (TPSA) is 47.0 Å². The molecule has 1 fully saturated rings. The second-order valence-electron chi connectivity index (χ2n) is 4.84. The van der Waals surface area contributed by atoms with Crippen molar-refractivity contribution in [2.75, 3.05) is 25.1 Å². The molecule has 1 unspecified atom stereocenters. The predicted molar refractivity (Wildman–Crippen MR) is 73.1 cm³/mol. The molecule has 4 nitrogen and oxygen atoms in total. The normalized spacial score (nSPS) is 19.2. The number of hydrogen-bond acceptors (Lipinski definition) is 4. The molecule has 100 valence electrons. The molecular weight excluding hydrogens is 226 g/mol. The lowest BCUT2D eigenvalue weighted by atomic mass is 10.1. The lowest BCUT2D eigenvalue weighted by Crippen LogP contribution is -2.13. The first-order valence-corrected chi connectivity index (χ1v) is 6.95. The van der Waals surface area contributed by atoms with Gasteiger partial charge in [-0.25, -0.2) is 9.97 Å². The third kappa shape index (κ3) is 2.80. The number of hydrogen-bond donors (Lipinski definition) is 1. The first-order chi connectivity index (χ1) is 8.76. The Bertz CT molecular complexity index is 400. The van der Waals surface area contributed by atoms with E-state index >= 15 is 0 Å². The molecule has 0 radical (unpaired) electrons. The molecule has 0 aliphatic carbocycles. The van der Waals surface area contributed by atoms with Crippen LogP contribution in [0.5, 0.6) is 0 Å². The number of aryl methyl sites for hydroxylation is 1. The molecule has 1 saturated heterocycles. The predicted octanol–water partition coefficient (Wildman–Crippen LogP) is 2.67. The summed E-state index contributed by atoms with van der Waals surface area (Å²) in [6, 6.07) is 0. The van der Waals surface area contributed by atoms with Crippen molar-refractivity contribution >= 4 is 5.82 Å². The van der Waals surface area contributed by atoms with Crippen LogP contribution < -0.4 is 5.32 Å². The van der Waals surface area contributed by atoms with Gasteiger partial charge in [0.2, 0.25) is 0 Å². The summed E-state index contributed by atoms with van der Waals surface area (Å²) in [5, 5.41) is 3.43. The van der Waals surface area contributed by atoms with E-state index in [0.717, 1.165) is 56.4 Å². The van der Waals surface area contributed by atoms with Crippen molar-refractivity contribution in [3.05, 3.63) is 17.1 Å². The van der Waals surface area contributed by atoms with Gasteiger partial charge in [-0.15, -0.1) is 0 Å². The number of aromatic nitrogens is 2. The zero-order valence-electron chi connectivity index (χ0n) is 11.6. The molecule has 1 aliphatic rings. The van der Waals surface area contributed by atoms with Crippen LogP contribution in [0.25, 0.3) is 0 Å². The molecule has 2 heterocycles. The van der Waals surface area contributed by atoms with Crippen molar-refractivity contribution in [1.82, 2.24) is 9.97 Å². The van der Waals surface area contributed by atoms with E-state index < -0.39 is 0 Å². The fourth-order valence-corrected chi connectivity index (χ4v) is 2.35. The van der Waals surface area contributed by atoms with E-state index in [1.54, 1.807) is 0 Å². The fourth-order valence-electron chi connectivity index (χ4n) is 2.35. The molecule has 0 aromatic carbocycles. The zero-order valence-corrected chi connectivity index (χ0v) is 11.6. The van der Waals surface area contributed by atoms with Gasteiger partial charge >= 0.3 is 0 Å². The Morgan fingerprint density at radius 3 is 2.78 bits per heavy atom. The Labute approximate surface area is 109 Å². The molecule has 2 rings (SSSR count). The van der Waals surface area contributed by atoms with E-state index in [-0.39, 0.29) is 0 Å². The summed E-state index contributed by atoms with van der Waals surface area (Å²) in [5.74, 6) is 2.34. The molecule has 0 amide bonds. The molecule has 1 aromatic rings. The largest absolute Gasteiger partial charge is 0.381 e. The van der Waals surface area contributed by atoms with Crippen molar-refractivity contribution in [3.8, 4) is 0 Å². The van der Waals surface area contributed by atoms with E-state index in [2.05, 4.69) is 31.1 Å². The Morgan fingerprint density at radius 1 is 1.33 bits per heavy atom. The molecule has 1 atom stereocenters. The second-order valence-corrected chi connectivity index (χ2v) is 4.84. The van der Waals surface area contributed by atoms with Gasteiger partial charge in [0.15, 0.2) is 0 Å². The average molecular weight is 249 g/mol. The minimum atomic E-state index is 0.372. The van der Waals surface area contributed by atoms with Crippen LogP contribution in [-0.2, 0) is 11.2 Å². The standard InChI is InChI=1S/C14H23N3O/c1-4-7-15-14-12(5-2)10(3)16-13(17-14)11-6-8-18-9-11/h11H,4-9H2,1-3H3,(H,15,16,17). The molecule has 1 N–H and O–H groups in total. The van der Waals surface area contributed by atoms with Gasteiger partial charge in [-0.2, -0.15) is 0 Å². The van der Waals surface area contributed by atoms with E-state index in [1.807, 2.05) is 0 Å². The minimum absolute atomic E-state index is 0.372. The SMILES string of the molecule is CCCNc1nc(C2CCOC2)nc(C)c1CC. The van der Waals surface area contributed by atoms with Crippen molar-refractivity contribution in [2.45, 2.75) is 46.0 Å². The summed E-state index contributed by atoms with van der Waals surface area (Å²) < 4.78 is 5.43. The molecule has 0 saturated carbocycles. The smallest absolute Gasteiger partial charge is 0.136 e. The van der Waals surface area contributed by atoms with Crippen LogP contribution in [0, 0.1) is 6.92 Å². The van der Waals surface area contributed by atoms with E-state index in [0.29, 0.717) is 5.92 Å². The van der Waals surface area contributed by atoms with E-state index in [9.17, 15) is 0 Å². The van der Waals surface area contributed by atoms with Gasteiger partial charge in [0, 0.05) is 30.3 Å². The van der Waals surface area contributed by atoms with Gasteiger partial charge in [0.1, 0.15) is 11.6 Å². The maximum Gasteiger partial charge on any atom is 0.136 e.